The number of benzene rings is 2. The number of hydrogen-bond donors (Lipinski definition) is 1. The van der Waals surface area contributed by atoms with Crippen molar-refractivity contribution in [2.45, 2.75) is 51.9 Å². The fourth-order valence-electron chi connectivity index (χ4n) is 4.08. The van der Waals surface area contributed by atoms with E-state index in [2.05, 4.69) is 36.2 Å². The van der Waals surface area contributed by atoms with E-state index >= 15 is 0 Å². The van der Waals surface area contributed by atoms with Crippen LogP contribution in [-0.4, -0.2) is 39.9 Å². The molecule has 1 N–H and O–H groups in total. The first kappa shape index (κ1) is 22.7. The minimum Gasteiger partial charge on any atom is -0.339 e. The van der Waals surface area contributed by atoms with E-state index in [1.807, 2.05) is 41.3 Å². The van der Waals surface area contributed by atoms with Crippen LogP contribution in [0.4, 0.5) is 5.69 Å². The van der Waals surface area contributed by atoms with Crippen molar-refractivity contribution in [3.63, 3.8) is 0 Å². The molecule has 2 amide bonds. The summed E-state index contributed by atoms with van der Waals surface area (Å²) in [6.07, 6.45) is 1.79. The molecule has 1 saturated heterocycles. The highest BCUT2D eigenvalue weighted by Crippen LogP contribution is 2.29. The van der Waals surface area contributed by atoms with Crippen LogP contribution in [-0.2, 0) is 10.2 Å². The van der Waals surface area contributed by atoms with Crippen molar-refractivity contribution >= 4 is 17.5 Å². The Morgan fingerprint density at radius 1 is 1.06 bits per heavy atom. The van der Waals surface area contributed by atoms with Crippen LogP contribution in [0.5, 0.6) is 0 Å². The average Bonchev–Trinajstić information content (AvgIpc) is 3.29. The third kappa shape index (κ3) is 5.30. The molecule has 7 heteroatoms. The van der Waals surface area contributed by atoms with Gasteiger partial charge in [0.2, 0.25) is 17.6 Å². The van der Waals surface area contributed by atoms with E-state index in [4.69, 9.17) is 4.52 Å². The van der Waals surface area contributed by atoms with Crippen LogP contribution in [0.2, 0.25) is 0 Å². The molecule has 1 aromatic heterocycles. The highest BCUT2D eigenvalue weighted by Gasteiger charge is 2.29. The minimum absolute atomic E-state index is 0.0106. The van der Waals surface area contributed by atoms with Crippen LogP contribution in [0.1, 0.15) is 68.3 Å². The minimum atomic E-state index is -0.119. The summed E-state index contributed by atoms with van der Waals surface area (Å²) in [6.45, 7) is 9.24. The number of nitrogens with zero attached hydrogens (tertiary/aromatic N) is 3. The van der Waals surface area contributed by atoms with Crippen molar-refractivity contribution < 1.29 is 14.1 Å². The molecule has 0 saturated carbocycles. The van der Waals surface area contributed by atoms with E-state index in [0.717, 1.165) is 24.9 Å². The Labute approximate surface area is 194 Å². The van der Waals surface area contributed by atoms with E-state index in [-0.39, 0.29) is 23.1 Å². The zero-order valence-corrected chi connectivity index (χ0v) is 19.6. The second-order valence-electron chi connectivity index (χ2n) is 9.63. The van der Waals surface area contributed by atoms with E-state index in [1.54, 1.807) is 12.1 Å². The van der Waals surface area contributed by atoms with Crippen molar-refractivity contribution in [1.29, 1.82) is 0 Å². The van der Waals surface area contributed by atoms with Crippen molar-refractivity contribution in [2.75, 3.05) is 18.4 Å². The number of piperidine rings is 1. The Hall–Kier alpha value is -3.48. The molecule has 0 aliphatic carbocycles. The second kappa shape index (κ2) is 9.17. The first-order chi connectivity index (χ1) is 15.7. The highest BCUT2D eigenvalue weighted by molar-refractivity contribution is 5.94. The number of carbonyl (C=O) groups excluding carboxylic acids is 2. The van der Waals surface area contributed by atoms with Gasteiger partial charge in [0.15, 0.2) is 0 Å². The molecule has 1 atom stereocenters. The van der Waals surface area contributed by atoms with Crippen molar-refractivity contribution in [3.8, 4) is 11.4 Å². The molecule has 33 heavy (non-hydrogen) atoms. The third-order valence-corrected chi connectivity index (χ3v) is 5.96. The van der Waals surface area contributed by atoms with Crippen LogP contribution in [0.25, 0.3) is 11.4 Å². The molecule has 7 nitrogen and oxygen atoms in total. The molecule has 2 heterocycles. The molecule has 0 radical (unpaired) electrons. The monoisotopic (exact) mass is 446 g/mol. The fourth-order valence-corrected chi connectivity index (χ4v) is 4.08. The number of amides is 2. The Morgan fingerprint density at radius 3 is 2.39 bits per heavy atom. The van der Waals surface area contributed by atoms with E-state index in [1.165, 1.54) is 12.5 Å². The SMILES string of the molecule is CC(=O)Nc1ccc(-c2noc([C@@H]3CCCN(C(=O)c4ccc(C(C)(C)C)cc4)C3)n2)cc1. The number of likely N-dealkylation sites (tertiary alicyclic amines) is 1. The molecule has 1 aliphatic heterocycles. The third-order valence-electron chi connectivity index (χ3n) is 5.96. The zero-order valence-electron chi connectivity index (χ0n) is 19.6. The lowest BCUT2D eigenvalue weighted by Gasteiger charge is -2.31. The number of anilines is 1. The molecule has 172 valence electrons. The lowest BCUT2D eigenvalue weighted by Crippen LogP contribution is -2.39. The van der Waals surface area contributed by atoms with E-state index in [9.17, 15) is 9.59 Å². The summed E-state index contributed by atoms with van der Waals surface area (Å²) >= 11 is 0. The van der Waals surface area contributed by atoms with Crippen molar-refractivity contribution in [3.05, 3.63) is 65.5 Å². The Morgan fingerprint density at radius 2 is 1.76 bits per heavy atom. The molecular formula is C26H30N4O3. The highest BCUT2D eigenvalue weighted by atomic mass is 16.5. The topological polar surface area (TPSA) is 88.3 Å². The number of carbonyl (C=O) groups is 2. The molecular weight excluding hydrogens is 416 g/mol. The molecule has 0 unspecified atom stereocenters. The lowest BCUT2D eigenvalue weighted by atomic mass is 9.86. The number of rotatable bonds is 4. The number of hydrogen-bond acceptors (Lipinski definition) is 5. The fraction of sp³-hybridized carbons (Fsp3) is 0.385. The first-order valence-corrected chi connectivity index (χ1v) is 11.3. The smallest absolute Gasteiger partial charge is 0.253 e. The summed E-state index contributed by atoms with van der Waals surface area (Å²) in [7, 11) is 0. The Kier molecular flexibility index (Phi) is 6.31. The molecule has 1 aliphatic rings. The van der Waals surface area contributed by atoms with Gasteiger partial charge in [-0.3, -0.25) is 9.59 Å². The van der Waals surface area contributed by atoms with Crippen LogP contribution in [0.15, 0.2) is 53.1 Å². The van der Waals surface area contributed by atoms with Gasteiger partial charge >= 0.3 is 0 Å². The van der Waals surface area contributed by atoms with Gasteiger partial charge in [-0.25, -0.2) is 0 Å². The number of nitrogens with one attached hydrogen (secondary N) is 1. The molecule has 4 rings (SSSR count). The van der Waals surface area contributed by atoms with Crippen LogP contribution >= 0.6 is 0 Å². The van der Waals surface area contributed by atoms with Crippen LogP contribution in [0, 0.1) is 0 Å². The maximum Gasteiger partial charge on any atom is 0.253 e. The lowest BCUT2D eigenvalue weighted by molar-refractivity contribution is -0.114. The molecule has 3 aromatic rings. The zero-order chi connectivity index (χ0) is 23.6. The Balaban J connectivity index is 1.44. The van der Waals surface area contributed by atoms with Gasteiger partial charge in [-0.2, -0.15) is 4.98 Å². The van der Waals surface area contributed by atoms with Crippen LogP contribution < -0.4 is 5.32 Å². The maximum atomic E-state index is 13.1. The van der Waals surface area contributed by atoms with Gasteiger partial charge in [0, 0.05) is 36.8 Å². The maximum absolute atomic E-state index is 13.1. The number of aromatic nitrogens is 2. The summed E-state index contributed by atoms with van der Waals surface area (Å²) in [4.78, 5) is 30.8. The van der Waals surface area contributed by atoms with Gasteiger partial charge < -0.3 is 14.7 Å². The van der Waals surface area contributed by atoms with Crippen molar-refractivity contribution in [2.24, 2.45) is 0 Å². The summed E-state index contributed by atoms with van der Waals surface area (Å²) in [5.74, 6) is 0.980. The molecule has 2 aromatic carbocycles. The largest absolute Gasteiger partial charge is 0.339 e. The van der Waals surface area contributed by atoms with Gasteiger partial charge in [-0.15, -0.1) is 0 Å². The van der Waals surface area contributed by atoms with Gasteiger partial charge in [-0.1, -0.05) is 38.1 Å². The molecule has 0 spiro atoms. The summed E-state index contributed by atoms with van der Waals surface area (Å²) < 4.78 is 5.57. The summed E-state index contributed by atoms with van der Waals surface area (Å²) in [5.41, 5.74) is 3.49. The second-order valence-corrected chi connectivity index (χ2v) is 9.63. The van der Waals surface area contributed by atoms with Gasteiger partial charge in [0.1, 0.15) is 0 Å². The van der Waals surface area contributed by atoms with Gasteiger partial charge in [0.25, 0.3) is 5.91 Å². The van der Waals surface area contributed by atoms with Gasteiger partial charge in [-0.05, 0) is 60.2 Å². The van der Waals surface area contributed by atoms with E-state index < -0.39 is 0 Å². The van der Waals surface area contributed by atoms with Crippen molar-refractivity contribution in [1.82, 2.24) is 15.0 Å². The normalized spacial score (nSPS) is 16.5. The summed E-state index contributed by atoms with van der Waals surface area (Å²) in [6, 6.07) is 15.2. The molecule has 0 bridgehead atoms. The predicted molar refractivity (Wildman–Crippen MR) is 127 cm³/mol. The average molecular weight is 447 g/mol. The standard InChI is InChI=1S/C26H30N4O3/c1-17(31)27-22-13-9-18(10-14-22)23-28-24(33-29-23)20-6-5-15-30(16-20)25(32)19-7-11-21(12-8-19)26(2,3)4/h7-14,20H,5-6,15-16H2,1-4H3,(H,27,31)/t20-/m1/s1. The molecule has 1 fully saturated rings. The Bertz CT molecular complexity index is 1130. The van der Waals surface area contributed by atoms with Crippen LogP contribution in [0.3, 0.4) is 0 Å². The van der Waals surface area contributed by atoms with Gasteiger partial charge in [0.05, 0.1) is 5.92 Å². The quantitative estimate of drug-likeness (QED) is 0.608. The first-order valence-electron chi connectivity index (χ1n) is 11.3. The van der Waals surface area contributed by atoms with E-state index in [0.29, 0.717) is 29.5 Å². The predicted octanol–water partition coefficient (Wildman–Crippen LogP) is 5.01. The summed E-state index contributed by atoms with van der Waals surface area (Å²) in [5, 5.41) is 6.87.